The number of methoxy groups -OCH3 is 1. The molecule has 1 aliphatic carbocycles. The van der Waals surface area contributed by atoms with Gasteiger partial charge in [0.05, 0.1) is 13.2 Å². The highest BCUT2D eigenvalue weighted by molar-refractivity contribution is 5.78. The van der Waals surface area contributed by atoms with Gasteiger partial charge in [-0.3, -0.25) is 4.79 Å². The van der Waals surface area contributed by atoms with E-state index >= 15 is 0 Å². The number of ether oxygens (including phenoxy) is 1. The Morgan fingerprint density at radius 1 is 1.17 bits per heavy atom. The minimum atomic E-state index is 0.0299. The van der Waals surface area contributed by atoms with Gasteiger partial charge in [-0.1, -0.05) is 32.1 Å². The Labute approximate surface area is 110 Å². The lowest BCUT2D eigenvalue weighted by atomic mass is 9.90. The topological polar surface area (TPSA) is 49.8 Å². The third kappa shape index (κ3) is 5.36. The van der Waals surface area contributed by atoms with E-state index in [2.05, 4.69) is 0 Å². The van der Waals surface area contributed by atoms with Crippen LogP contribution in [0.2, 0.25) is 0 Å². The molecule has 0 heterocycles. The van der Waals surface area contributed by atoms with E-state index in [4.69, 9.17) is 9.84 Å². The summed E-state index contributed by atoms with van der Waals surface area (Å²) in [6, 6.07) is 0. The molecule has 1 saturated carbocycles. The fourth-order valence-electron chi connectivity index (χ4n) is 2.62. The van der Waals surface area contributed by atoms with Crippen molar-refractivity contribution >= 4 is 5.91 Å². The highest BCUT2D eigenvalue weighted by Gasteiger charge is 2.24. The van der Waals surface area contributed by atoms with E-state index in [9.17, 15) is 4.79 Å². The van der Waals surface area contributed by atoms with Crippen LogP contribution in [0.15, 0.2) is 0 Å². The van der Waals surface area contributed by atoms with Gasteiger partial charge in [-0.25, -0.2) is 0 Å². The normalized spacial score (nSPS) is 18.1. The number of amides is 1. The summed E-state index contributed by atoms with van der Waals surface area (Å²) < 4.78 is 5.03. The third-order valence-corrected chi connectivity index (χ3v) is 3.70. The molecule has 4 heteroatoms. The Hall–Kier alpha value is -0.610. The van der Waals surface area contributed by atoms with Gasteiger partial charge in [0.25, 0.3) is 0 Å². The van der Waals surface area contributed by atoms with E-state index in [1.807, 2.05) is 0 Å². The Balaban J connectivity index is 2.49. The second-order valence-corrected chi connectivity index (χ2v) is 5.08. The summed E-state index contributed by atoms with van der Waals surface area (Å²) in [4.78, 5) is 14.2. The van der Waals surface area contributed by atoms with Crippen molar-refractivity contribution in [2.75, 3.05) is 33.4 Å². The van der Waals surface area contributed by atoms with Crippen molar-refractivity contribution in [2.24, 2.45) is 5.92 Å². The molecule has 0 spiro atoms. The summed E-state index contributed by atoms with van der Waals surface area (Å²) in [5.41, 5.74) is 0. The second kappa shape index (κ2) is 9.34. The Morgan fingerprint density at radius 2 is 1.78 bits per heavy atom. The van der Waals surface area contributed by atoms with E-state index in [-0.39, 0.29) is 18.4 Å². The molecule has 0 aromatic heterocycles. The Morgan fingerprint density at radius 3 is 2.33 bits per heavy atom. The standard InChI is InChI=1S/C14H27NO3/c1-18-12-10-15(9-11-16)14(17)13-7-5-3-2-4-6-8-13/h13,16H,2-12H2,1H3. The molecule has 0 unspecified atom stereocenters. The fourth-order valence-corrected chi connectivity index (χ4v) is 2.62. The smallest absolute Gasteiger partial charge is 0.225 e. The molecule has 1 N–H and O–H groups in total. The average molecular weight is 257 g/mol. The van der Waals surface area contributed by atoms with Gasteiger partial charge in [-0.05, 0) is 12.8 Å². The molecule has 1 amide bonds. The zero-order chi connectivity index (χ0) is 13.2. The van der Waals surface area contributed by atoms with Crippen molar-refractivity contribution in [3.8, 4) is 0 Å². The molecule has 0 bridgehead atoms. The van der Waals surface area contributed by atoms with Crippen molar-refractivity contribution in [1.29, 1.82) is 0 Å². The van der Waals surface area contributed by atoms with Crippen LogP contribution in [0.1, 0.15) is 44.9 Å². The molecule has 1 rings (SSSR count). The van der Waals surface area contributed by atoms with Gasteiger partial charge in [0.15, 0.2) is 0 Å². The molecule has 1 aliphatic rings. The van der Waals surface area contributed by atoms with Crippen LogP contribution >= 0.6 is 0 Å². The fraction of sp³-hybridized carbons (Fsp3) is 0.929. The van der Waals surface area contributed by atoms with Gasteiger partial charge in [0.1, 0.15) is 0 Å². The van der Waals surface area contributed by atoms with E-state index in [0.717, 1.165) is 25.7 Å². The van der Waals surface area contributed by atoms with Crippen molar-refractivity contribution in [2.45, 2.75) is 44.9 Å². The molecule has 18 heavy (non-hydrogen) atoms. The first-order chi connectivity index (χ1) is 8.79. The highest BCUT2D eigenvalue weighted by Crippen LogP contribution is 2.23. The van der Waals surface area contributed by atoms with Crippen LogP contribution in [0.25, 0.3) is 0 Å². The molecule has 0 aromatic rings. The van der Waals surface area contributed by atoms with Gasteiger partial charge in [-0.2, -0.15) is 0 Å². The van der Waals surface area contributed by atoms with Crippen LogP contribution < -0.4 is 0 Å². The van der Waals surface area contributed by atoms with Crippen LogP contribution in [-0.4, -0.2) is 49.3 Å². The van der Waals surface area contributed by atoms with Crippen molar-refractivity contribution in [1.82, 2.24) is 4.90 Å². The maximum Gasteiger partial charge on any atom is 0.225 e. The van der Waals surface area contributed by atoms with Crippen LogP contribution in [0.3, 0.4) is 0 Å². The Kier molecular flexibility index (Phi) is 8.01. The first-order valence-electron chi connectivity index (χ1n) is 7.18. The summed E-state index contributed by atoms with van der Waals surface area (Å²) >= 11 is 0. The molecule has 0 aromatic carbocycles. The molecule has 0 atom stereocenters. The van der Waals surface area contributed by atoms with Crippen molar-refractivity contribution < 1.29 is 14.6 Å². The number of nitrogens with zero attached hydrogens (tertiary/aromatic N) is 1. The van der Waals surface area contributed by atoms with E-state index in [1.165, 1.54) is 19.3 Å². The van der Waals surface area contributed by atoms with Crippen molar-refractivity contribution in [3.63, 3.8) is 0 Å². The highest BCUT2D eigenvalue weighted by atomic mass is 16.5. The minimum absolute atomic E-state index is 0.0299. The van der Waals surface area contributed by atoms with E-state index in [1.54, 1.807) is 12.0 Å². The number of aliphatic hydroxyl groups excluding tert-OH is 1. The molecular formula is C14H27NO3. The summed E-state index contributed by atoms with van der Waals surface area (Å²) in [6.45, 7) is 1.59. The van der Waals surface area contributed by atoms with E-state index < -0.39 is 0 Å². The monoisotopic (exact) mass is 257 g/mol. The number of hydrogen-bond donors (Lipinski definition) is 1. The maximum absolute atomic E-state index is 12.4. The third-order valence-electron chi connectivity index (χ3n) is 3.70. The van der Waals surface area contributed by atoms with Gasteiger partial charge >= 0.3 is 0 Å². The van der Waals surface area contributed by atoms with Crippen LogP contribution in [0.5, 0.6) is 0 Å². The number of carbonyl (C=O) groups excluding carboxylic acids is 1. The van der Waals surface area contributed by atoms with Crippen LogP contribution in [0, 0.1) is 5.92 Å². The first kappa shape index (κ1) is 15.4. The average Bonchev–Trinajstić information content (AvgIpc) is 2.33. The quantitative estimate of drug-likeness (QED) is 0.789. The number of rotatable bonds is 6. The molecule has 0 saturated heterocycles. The molecule has 0 aliphatic heterocycles. The molecule has 0 radical (unpaired) electrons. The van der Waals surface area contributed by atoms with Gasteiger partial charge in [0, 0.05) is 26.1 Å². The van der Waals surface area contributed by atoms with Gasteiger partial charge in [0.2, 0.25) is 5.91 Å². The van der Waals surface area contributed by atoms with Gasteiger partial charge < -0.3 is 14.7 Å². The SMILES string of the molecule is COCCN(CCO)C(=O)C1CCCCCCC1. The predicted molar refractivity (Wildman–Crippen MR) is 71.4 cm³/mol. The van der Waals surface area contributed by atoms with Crippen LogP contribution in [0.4, 0.5) is 0 Å². The summed E-state index contributed by atoms with van der Waals surface area (Å²) in [6.07, 6.45) is 8.15. The number of carbonyl (C=O) groups is 1. The predicted octanol–water partition coefficient (Wildman–Crippen LogP) is 1.81. The lowest BCUT2D eigenvalue weighted by Gasteiger charge is -2.27. The summed E-state index contributed by atoms with van der Waals surface area (Å²) in [7, 11) is 1.64. The maximum atomic E-state index is 12.4. The molecule has 1 fully saturated rings. The zero-order valence-corrected chi connectivity index (χ0v) is 11.6. The first-order valence-corrected chi connectivity index (χ1v) is 7.18. The molecule has 106 valence electrons. The lowest BCUT2D eigenvalue weighted by Crippen LogP contribution is -2.40. The van der Waals surface area contributed by atoms with Gasteiger partial charge in [-0.15, -0.1) is 0 Å². The largest absolute Gasteiger partial charge is 0.395 e. The van der Waals surface area contributed by atoms with Crippen LogP contribution in [-0.2, 0) is 9.53 Å². The summed E-state index contributed by atoms with van der Waals surface area (Å²) in [5.74, 6) is 0.372. The zero-order valence-electron chi connectivity index (χ0n) is 11.6. The number of aliphatic hydroxyl groups is 1. The molecular weight excluding hydrogens is 230 g/mol. The lowest BCUT2D eigenvalue weighted by molar-refractivity contribution is -0.137. The minimum Gasteiger partial charge on any atom is -0.395 e. The second-order valence-electron chi connectivity index (χ2n) is 5.08. The summed E-state index contributed by atoms with van der Waals surface area (Å²) in [5, 5.41) is 9.05. The van der Waals surface area contributed by atoms with E-state index in [0.29, 0.717) is 19.7 Å². The van der Waals surface area contributed by atoms with Crippen molar-refractivity contribution in [3.05, 3.63) is 0 Å². The molecule has 4 nitrogen and oxygen atoms in total. The Bertz CT molecular complexity index is 218. The number of hydrogen-bond acceptors (Lipinski definition) is 3.